The molecule has 0 amide bonds. The number of carbonyl (C=O) groups is 1. The zero-order valence-electron chi connectivity index (χ0n) is 8.70. The molecule has 0 heterocycles. The van der Waals surface area contributed by atoms with Gasteiger partial charge in [-0.3, -0.25) is 4.79 Å². The minimum atomic E-state index is -0.721. The van der Waals surface area contributed by atoms with E-state index in [1.807, 2.05) is 0 Å². The summed E-state index contributed by atoms with van der Waals surface area (Å²) in [5.74, 6) is -0.309. The lowest BCUT2D eigenvalue weighted by Gasteiger charge is -2.18. The molecule has 0 spiro atoms. The van der Waals surface area contributed by atoms with Gasteiger partial charge in [-0.05, 0) is 31.7 Å². The molecule has 1 aliphatic carbocycles. The molecule has 80 valence electrons. The molecule has 0 bridgehead atoms. The zero-order valence-corrected chi connectivity index (χ0v) is 8.70. The van der Waals surface area contributed by atoms with E-state index in [0.717, 1.165) is 13.0 Å². The highest BCUT2D eigenvalue weighted by Crippen LogP contribution is 2.16. The minimum absolute atomic E-state index is 0.283. The van der Waals surface area contributed by atoms with Gasteiger partial charge < -0.3 is 10.4 Å². The van der Waals surface area contributed by atoms with Gasteiger partial charge in [0.2, 0.25) is 0 Å². The molecular formula is C11H19NO2. The van der Waals surface area contributed by atoms with Crippen LogP contribution in [-0.4, -0.2) is 24.2 Å². The number of rotatable bonds is 5. The van der Waals surface area contributed by atoms with Crippen molar-refractivity contribution in [2.75, 3.05) is 13.1 Å². The molecule has 0 aliphatic heterocycles. The molecule has 1 aliphatic rings. The van der Waals surface area contributed by atoms with Crippen molar-refractivity contribution in [1.82, 2.24) is 5.32 Å². The summed E-state index contributed by atoms with van der Waals surface area (Å²) in [5, 5.41) is 11.9. The maximum Gasteiger partial charge on any atom is 0.307 e. The Kier molecular flexibility index (Phi) is 4.66. The Morgan fingerprint density at radius 3 is 3.00 bits per heavy atom. The fourth-order valence-corrected chi connectivity index (χ4v) is 1.63. The quantitative estimate of drug-likeness (QED) is 0.659. The Balaban J connectivity index is 2.08. The average molecular weight is 197 g/mol. The number of carboxylic acids is 1. The molecule has 0 aromatic heterocycles. The van der Waals surface area contributed by atoms with Gasteiger partial charge in [0.25, 0.3) is 0 Å². The molecule has 2 unspecified atom stereocenters. The van der Waals surface area contributed by atoms with E-state index in [1.54, 1.807) is 6.92 Å². The van der Waals surface area contributed by atoms with Crippen LogP contribution >= 0.6 is 0 Å². The molecule has 2 atom stereocenters. The van der Waals surface area contributed by atoms with E-state index in [9.17, 15) is 4.79 Å². The third-order valence-electron chi connectivity index (χ3n) is 2.68. The van der Waals surface area contributed by atoms with Gasteiger partial charge in [0.05, 0.1) is 5.92 Å². The number of hydrogen-bond donors (Lipinski definition) is 2. The molecule has 0 aromatic rings. The van der Waals surface area contributed by atoms with Crippen molar-refractivity contribution in [2.45, 2.75) is 26.2 Å². The van der Waals surface area contributed by atoms with E-state index < -0.39 is 5.97 Å². The van der Waals surface area contributed by atoms with Crippen molar-refractivity contribution in [3.8, 4) is 0 Å². The molecule has 0 aromatic carbocycles. The number of nitrogens with one attached hydrogen (secondary N) is 1. The normalized spacial score (nSPS) is 23.4. The second-order valence-corrected chi connectivity index (χ2v) is 4.05. The lowest BCUT2D eigenvalue weighted by Crippen LogP contribution is -2.30. The van der Waals surface area contributed by atoms with E-state index in [4.69, 9.17) is 5.11 Å². The van der Waals surface area contributed by atoms with Crippen molar-refractivity contribution in [3.63, 3.8) is 0 Å². The van der Waals surface area contributed by atoms with Gasteiger partial charge in [-0.15, -0.1) is 0 Å². The number of allylic oxidation sites excluding steroid dienone is 2. The molecule has 0 saturated heterocycles. The molecule has 14 heavy (non-hydrogen) atoms. The van der Waals surface area contributed by atoms with Gasteiger partial charge in [0.15, 0.2) is 0 Å². The lowest BCUT2D eigenvalue weighted by atomic mass is 9.94. The highest BCUT2D eigenvalue weighted by molar-refractivity contribution is 5.69. The fraction of sp³-hybridized carbons (Fsp3) is 0.727. The van der Waals surface area contributed by atoms with Crippen LogP contribution in [0.5, 0.6) is 0 Å². The van der Waals surface area contributed by atoms with Crippen LogP contribution in [0, 0.1) is 11.8 Å². The van der Waals surface area contributed by atoms with Crippen molar-refractivity contribution >= 4 is 5.97 Å². The summed E-state index contributed by atoms with van der Waals surface area (Å²) in [4.78, 5) is 10.5. The van der Waals surface area contributed by atoms with Crippen LogP contribution in [-0.2, 0) is 4.79 Å². The van der Waals surface area contributed by atoms with Crippen LogP contribution in [0.2, 0.25) is 0 Å². The highest BCUT2D eigenvalue weighted by Gasteiger charge is 2.12. The Morgan fingerprint density at radius 1 is 1.64 bits per heavy atom. The van der Waals surface area contributed by atoms with Gasteiger partial charge >= 0.3 is 5.97 Å². The third-order valence-corrected chi connectivity index (χ3v) is 2.68. The first kappa shape index (κ1) is 11.2. The summed E-state index contributed by atoms with van der Waals surface area (Å²) < 4.78 is 0. The first-order valence-electron chi connectivity index (χ1n) is 5.28. The largest absolute Gasteiger partial charge is 0.481 e. The van der Waals surface area contributed by atoms with E-state index >= 15 is 0 Å². The van der Waals surface area contributed by atoms with E-state index in [1.165, 1.54) is 12.8 Å². The van der Waals surface area contributed by atoms with Gasteiger partial charge in [-0.25, -0.2) is 0 Å². The van der Waals surface area contributed by atoms with Crippen molar-refractivity contribution in [1.29, 1.82) is 0 Å². The van der Waals surface area contributed by atoms with E-state index in [2.05, 4.69) is 17.5 Å². The summed E-state index contributed by atoms with van der Waals surface area (Å²) in [6.45, 7) is 3.26. The Hall–Kier alpha value is -0.830. The van der Waals surface area contributed by atoms with Gasteiger partial charge in [0.1, 0.15) is 0 Å². The second kappa shape index (κ2) is 5.81. The summed E-state index contributed by atoms with van der Waals surface area (Å²) >= 11 is 0. The molecule has 2 N–H and O–H groups in total. The Morgan fingerprint density at radius 2 is 2.43 bits per heavy atom. The molecule has 3 nitrogen and oxygen atoms in total. The zero-order chi connectivity index (χ0) is 10.4. The molecular weight excluding hydrogens is 178 g/mol. The predicted molar refractivity (Wildman–Crippen MR) is 56.2 cm³/mol. The summed E-state index contributed by atoms with van der Waals surface area (Å²) in [6, 6.07) is 0. The van der Waals surface area contributed by atoms with Crippen LogP contribution < -0.4 is 5.32 Å². The number of aliphatic carboxylic acids is 1. The fourth-order valence-electron chi connectivity index (χ4n) is 1.63. The van der Waals surface area contributed by atoms with Crippen molar-refractivity contribution < 1.29 is 9.90 Å². The lowest BCUT2D eigenvalue weighted by molar-refractivity contribution is -0.140. The van der Waals surface area contributed by atoms with E-state index in [-0.39, 0.29) is 5.92 Å². The molecule has 0 radical (unpaired) electrons. The Bertz CT molecular complexity index is 213. The minimum Gasteiger partial charge on any atom is -0.481 e. The first-order chi connectivity index (χ1) is 6.70. The summed E-state index contributed by atoms with van der Waals surface area (Å²) in [5.41, 5.74) is 0. The van der Waals surface area contributed by atoms with Crippen LogP contribution in [0.3, 0.4) is 0 Å². The maximum absolute atomic E-state index is 10.5. The smallest absolute Gasteiger partial charge is 0.307 e. The summed E-state index contributed by atoms with van der Waals surface area (Å²) in [6.07, 6.45) is 7.97. The molecule has 0 saturated carbocycles. The van der Waals surface area contributed by atoms with Crippen molar-refractivity contribution in [3.05, 3.63) is 12.2 Å². The average Bonchev–Trinajstić information content (AvgIpc) is 2.19. The molecule has 1 rings (SSSR count). The first-order valence-corrected chi connectivity index (χ1v) is 5.28. The van der Waals surface area contributed by atoms with Crippen LogP contribution in [0.25, 0.3) is 0 Å². The topological polar surface area (TPSA) is 49.3 Å². The number of carboxylic acid groups (broad SMARTS) is 1. The number of hydrogen-bond acceptors (Lipinski definition) is 2. The third kappa shape index (κ3) is 3.92. The Labute approximate surface area is 85.2 Å². The van der Waals surface area contributed by atoms with Gasteiger partial charge in [0, 0.05) is 6.54 Å². The van der Waals surface area contributed by atoms with Crippen LogP contribution in [0.4, 0.5) is 0 Å². The monoisotopic (exact) mass is 197 g/mol. The molecule has 0 fully saturated rings. The standard InChI is InChI=1S/C11H19NO2/c1-9(11(13)14)7-12-8-10-5-3-2-4-6-10/h2-3,9-10,12H,4-8H2,1H3,(H,13,14). The second-order valence-electron chi connectivity index (χ2n) is 4.05. The molecule has 3 heteroatoms. The van der Waals surface area contributed by atoms with Gasteiger partial charge in [-0.2, -0.15) is 0 Å². The predicted octanol–water partition coefficient (Wildman–Crippen LogP) is 1.65. The van der Waals surface area contributed by atoms with Gasteiger partial charge in [-0.1, -0.05) is 19.1 Å². The summed E-state index contributed by atoms with van der Waals surface area (Å²) in [7, 11) is 0. The maximum atomic E-state index is 10.5. The highest BCUT2D eigenvalue weighted by atomic mass is 16.4. The van der Waals surface area contributed by atoms with Crippen LogP contribution in [0.1, 0.15) is 26.2 Å². The van der Waals surface area contributed by atoms with E-state index in [0.29, 0.717) is 12.5 Å². The van der Waals surface area contributed by atoms with Crippen LogP contribution in [0.15, 0.2) is 12.2 Å². The SMILES string of the molecule is CC(CNCC1CC=CCC1)C(=O)O. The van der Waals surface area contributed by atoms with Crippen molar-refractivity contribution in [2.24, 2.45) is 11.8 Å².